The molecular formula is C12H17FN2O. The van der Waals surface area contributed by atoms with E-state index in [1.54, 1.807) is 12.3 Å². The van der Waals surface area contributed by atoms with Gasteiger partial charge in [0.1, 0.15) is 0 Å². The molecule has 0 bridgehead atoms. The second-order valence-electron chi connectivity index (χ2n) is 4.37. The fraction of sp³-hybridized carbons (Fsp3) is 0.583. The van der Waals surface area contributed by atoms with E-state index in [4.69, 9.17) is 0 Å². The lowest BCUT2D eigenvalue weighted by Crippen LogP contribution is -2.37. The van der Waals surface area contributed by atoms with Crippen LogP contribution in [0.2, 0.25) is 0 Å². The van der Waals surface area contributed by atoms with E-state index in [2.05, 4.69) is 4.98 Å². The van der Waals surface area contributed by atoms with Crippen molar-refractivity contribution in [2.75, 3.05) is 18.0 Å². The quantitative estimate of drug-likeness (QED) is 0.832. The summed E-state index contributed by atoms with van der Waals surface area (Å²) in [6.07, 6.45) is 3.14. The molecule has 0 radical (unpaired) electrons. The van der Waals surface area contributed by atoms with Gasteiger partial charge >= 0.3 is 0 Å². The summed E-state index contributed by atoms with van der Waals surface area (Å²) in [7, 11) is 0. The van der Waals surface area contributed by atoms with Crippen molar-refractivity contribution >= 4 is 5.82 Å². The Kier molecular flexibility index (Phi) is 3.39. The lowest BCUT2D eigenvalue weighted by atomic mass is 9.92. The number of hydrogen-bond acceptors (Lipinski definition) is 3. The summed E-state index contributed by atoms with van der Waals surface area (Å²) in [5, 5.41) is 9.48. The fourth-order valence-corrected chi connectivity index (χ4v) is 2.20. The van der Waals surface area contributed by atoms with Crippen molar-refractivity contribution < 1.29 is 9.50 Å². The van der Waals surface area contributed by atoms with E-state index in [1.807, 2.05) is 11.8 Å². The molecule has 0 spiro atoms. The first kappa shape index (κ1) is 11.3. The van der Waals surface area contributed by atoms with Gasteiger partial charge < -0.3 is 10.0 Å². The number of aliphatic hydroxyl groups is 1. The van der Waals surface area contributed by atoms with E-state index in [1.165, 1.54) is 6.07 Å². The molecule has 0 amide bonds. The number of hydrogen-bond donors (Lipinski definition) is 1. The first-order valence-electron chi connectivity index (χ1n) is 5.72. The summed E-state index contributed by atoms with van der Waals surface area (Å²) in [5.41, 5.74) is 0. The smallest absolute Gasteiger partial charge is 0.165 e. The summed E-state index contributed by atoms with van der Waals surface area (Å²) in [4.78, 5) is 6.01. The van der Waals surface area contributed by atoms with Gasteiger partial charge in [0.15, 0.2) is 11.6 Å². The summed E-state index contributed by atoms with van der Waals surface area (Å²) in [6.45, 7) is 3.36. The van der Waals surface area contributed by atoms with Crippen LogP contribution in [0.5, 0.6) is 0 Å². The SMILES string of the molecule is CC(O)C1CCN(c2ncccc2F)CC1. The standard InChI is InChI=1S/C12H17FN2O/c1-9(16)10-4-7-15(8-5-10)12-11(13)3-2-6-14-12/h2-3,6,9-10,16H,4-5,7-8H2,1H3. The zero-order valence-corrected chi connectivity index (χ0v) is 9.43. The maximum absolute atomic E-state index is 13.5. The molecule has 1 unspecified atom stereocenters. The van der Waals surface area contributed by atoms with Crippen molar-refractivity contribution in [1.82, 2.24) is 4.98 Å². The molecule has 88 valence electrons. The van der Waals surface area contributed by atoms with E-state index in [9.17, 15) is 9.50 Å². The van der Waals surface area contributed by atoms with Crippen LogP contribution in [0.15, 0.2) is 18.3 Å². The average Bonchev–Trinajstić information content (AvgIpc) is 2.30. The lowest BCUT2D eigenvalue weighted by molar-refractivity contribution is 0.109. The normalized spacial score (nSPS) is 19.8. The summed E-state index contributed by atoms with van der Waals surface area (Å²) in [5.74, 6) is 0.507. The highest BCUT2D eigenvalue weighted by molar-refractivity contribution is 5.39. The zero-order valence-electron chi connectivity index (χ0n) is 9.43. The Hall–Kier alpha value is -1.16. The molecule has 0 aromatic carbocycles. The van der Waals surface area contributed by atoms with Crippen LogP contribution in [0, 0.1) is 11.7 Å². The van der Waals surface area contributed by atoms with Gasteiger partial charge in [0.05, 0.1) is 6.10 Å². The number of aromatic nitrogens is 1. The maximum atomic E-state index is 13.5. The molecule has 1 fully saturated rings. The fourth-order valence-electron chi connectivity index (χ4n) is 2.20. The second kappa shape index (κ2) is 4.78. The molecule has 1 aromatic heterocycles. The average molecular weight is 224 g/mol. The summed E-state index contributed by atoms with van der Waals surface area (Å²) >= 11 is 0. The van der Waals surface area contributed by atoms with Gasteiger partial charge in [-0.15, -0.1) is 0 Å². The molecule has 3 nitrogen and oxygen atoms in total. The largest absolute Gasteiger partial charge is 0.393 e. The van der Waals surface area contributed by atoms with E-state index in [0.29, 0.717) is 11.7 Å². The van der Waals surface area contributed by atoms with Crippen LogP contribution in [0.4, 0.5) is 10.2 Å². The van der Waals surface area contributed by atoms with E-state index >= 15 is 0 Å². The highest BCUT2D eigenvalue weighted by atomic mass is 19.1. The van der Waals surface area contributed by atoms with Crippen LogP contribution in [0.1, 0.15) is 19.8 Å². The molecule has 4 heteroatoms. The highest BCUT2D eigenvalue weighted by Crippen LogP contribution is 2.25. The topological polar surface area (TPSA) is 36.4 Å². The number of aliphatic hydroxyl groups excluding tert-OH is 1. The molecule has 1 N–H and O–H groups in total. The maximum Gasteiger partial charge on any atom is 0.165 e. The molecule has 1 aromatic rings. The zero-order chi connectivity index (χ0) is 11.5. The Bertz CT molecular complexity index is 349. The minimum absolute atomic E-state index is 0.266. The van der Waals surface area contributed by atoms with Crippen LogP contribution in [0.3, 0.4) is 0 Å². The molecule has 1 aliphatic heterocycles. The van der Waals surface area contributed by atoms with Crippen LogP contribution in [-0.2, 0) is 0 Å². The van der Waals surface area contributed by atoms with Crippen LogP contribution >= 0.6 is 0 Å². The van der Waals surface area contributed by atoms with Gasteiger partial charge in [-0.2, -0.15) is 0 Å². The lowest BCUT2D eigenvalue weighted by Gasteiger charge is -2.34. The van der Waals surface area contributed by atoms with Gasteiger partial charge in [0.25, 0.3) is 0 Å². The predicted octanol–water partition coefficient (Wildman–Crippen LogP) is 1.82. The van der Waals surface area contributed by atoms with Crippen molar-refractivity contribution in [3.05, 3.63) is 24.1 Å². The van der Waals surface area contributed by atoms with Crippen molar-refractivity contribution in [3.63, 3.8) is 0 Å². The van der Waals surface area contributed by atoms with Crippen molar-refractivity contribution in [3.8, 4) is 0 Å². The summed E-state index contributed by atoms with van der Waals surface area (Å²) in [6, 6.07) is 3.03. The van der Waals surface area contributed by atoms with Crippen LogP contribution < -0.4 is 4.90 Å². The molecule has 16 heavy (non-hydrogen) atoms. The number of pyridine rings is 1. The molecule has 1 aliphatic rings. The number of rotatable bonds is 2. The van der Waals surface area contributed by atoms with E-state index < -0.39 is 0 Å². The predicted molar refractivity (Wildman–Crippen MR) is 60.8 cm³/mol. The van der Waals surface area contributed by atoms with Gasteiger partial charge in [0.2, 0.25) is 0 Å². The van der Waals surface area contributed by atoms with Gasteiger partial charge in [-0.05, 0) is 37.8 Å². The monoisotopic (exact) mass is 224 g/mol. The first-order chi connectivity index (χ1) is 7.68. The second-order valence-corrected chi connectivity index (χ2v) is 4.37. The Morgan fingerprint density at radius 2 is 2.19 bits per heavy atom. The van der Waals surface area contributed by atoms with Gasteiger partial charge in [-0.25, -0.2) is 9.37 Å². The van der Waals surface area contributed by atoms with E-state index in [-0.39, 0.29) is 11.9 Å². The van der Waals surface area contributed by atoms with Crippen molar-refractivity contribution in [1.29, 1.82) is 0 Å². The number of halogens is 1. The van der Waals surface area contributed by atoms with Crippen LogP contribution in [0.25, 0.3) is 0 Å². The van der Waals surface area contributed by atoms with Crippen molar-refractivity contribution in [2.24, 2.45) is 5.92 Å². The summed E-state index contributed by atoms with van der Waals surface area (Å²) < 4.78 is 13.5. The molecule has 2 rings (SSSR count). The molecule has 1 atom stereocenters. The third kappa shape index (κ3) is 2.32. The molecule has 1 saturated heterocycles. The van der Waals surface area contributed by atoms with Gasteiger partial charge in [0, 0.05) is 19.3 Å². The van der Waals surface area contributed by atoms with Gasteiger partial charge in [-0.1, -0.05) is 0 Å². The van der Waals surface area contributed by atoms with Gasteiger partial charge in [-0.3, -0.25) is 0 Å². The molecule has 0 saturated carbocycles. The van der Waals surface area contributed by atoms with Crippen molar-refractivity contribution in [2.45, 2.75) is 25.9 Å². The minimum Gasteiger partial charge on any atom is -0.393 e. The number of anilines is 1. The third-order valence-electron chi connectivity index (χ3n) is 3.26. The first-order valence-corrected chi connectivity index (χ1v) is 5.72. The molecular weight excluding hydrogens is 207 g/mol. The Labute approximate surface area is 94.9 Å². The Morgan fingerprint density at radius 1 is 1.50 bits per heavy atom. The number of piperidine rings is 1. The Balaban J connectivity index is 2.02. The molecule has 2 heterocycles. The van der Waals surface area contributed by atoms with E-state index in [0.717, 1.165) is 25.9 Å². The van der Waals surface area contributed by atoms with Crippen LogP contribution in [-0.4, -0.2) is 29.3 Å². The third-order valence-corrected chi connectivity index (χ3v) is 3.26. The highest BCUT2D eigenvalue weighted by Gasteiger charge is 2.24. The minimum atomic E-state index is -0.268. The number of nitrogens with zero attached hydrogens (tertiary/aromatic N) is 2. The molecule has 0 aliphatic carbocycles. The Morgan fingerprint density at radius 3 is 2.75 bits per heavy atom.